The Labute approximate surface area is 118 Å². The van der Waals surface area contributed by atoms with Gasteiger partial charge in [0.1, 0.15) is 5.82 Å². The molecule has 0 atom stereocenters. The molecule has 3 rings (SSSR count). The first-order valence-electron chi connectivity index (χ1n) is 5.42. The summed E-state index contributed by atoms with van der Waals surface area (Å²) in [4.78, 5) is 0. The van der Waals surface area contributed by atoms with Crippen molar-refractivity contribution in [3.05, 3.63) is 33.3 Å². The molecular weight excluding hydrogens is 288 g/mol. The minimum absolute atomic E-state index is 0.182. The number of nitrogens with one attached hydrogen (secondary N) is 1. The molecule has 0 amide bonds. The molecule has 2 heterocycles. The maximum Gasteiger partial charge on any atom is 0.231 e. The van der Waals surface area contributed by atoms with Crippen molar-refractivity contribution in [3.63, 3.8) is 0 Å². The molecule has 0 fully saturated rings. The number of aryl methyl sites for hydroxylation is 1. The second kappa shape index (κ2) is 4.67. The Kier molecular flexibility index (Phi) is 3.00. The number of aromatic amines is 1. The molecule has 0 spiro atoms. The van der Waals surface area contributed by atoms with E-state index in [1.165, 1.54) is 4.68 Å². The topological polar surface area (TPSA) is 64.4 Å². The van der Waals surface area contributed by atoms with Crippen molar-refractivity contribution in [3.8, 4) is 11.5 Å². The summed E-state index contributed by atoms with van der Waals surface area (Å²) in [5, 5.41) is 11.4. The van der Waals surface area contributed by atoms with E-state index < -0.39 is 0 Å². The van der Waals surface area contributed by atoms with Gasteiger partial charge < -0.3 is 9.47 Å². The first-order valence-corrected chi connectivity index (χ1v) is 6.21. The number of aromatic nitrogens is 3. The summed E-state index contributed by atoms with van der Waals surface area (Å²) in [5.74, 6) is 1.85. The van der Waals surface area contributed by atoms with E-state index in [0.717, 1.165) is 5.56 Å². The Morgan fingerprint density at radius 2 is 2.37 bits per heavy atom. The first kappa shape index (κ1) is 12.2. The van der Waals surface area contributed by atoms with Gasteiger partial charge in [-0.2, -0.15) is 14.9 Å². The van der Waals surface area contributed by atoms with Gasteiger partial charge in [0, 0.05) is 0 Å². The van der Waals surface area contributed by atoms with Crippen LogP contribution in [0.15, 0.2) is 17.2 Å². The van der Waals surface area contributed by atoms with Gasteiger partial charge >= 0.3 is 0 Å². The quantitative estimate of drug-likeness (QED) is 0.683. The van der Waals surface area contributed by atoms with Gasteiger partial charge in [-0.15, -0.1) is 0 Å². The van der Waals surface area contributed by atoms with Crippen LogP contribution in [-0.4, -0.2) is 27.9 Å². The fourth-order valence-electron chi connectivity index (χ4n) is 1.69. The van der Waals surface area contributed by atoms with Gasteiger partial charge in [-0.1, -0.05) is 11.6 Å². The Morgan fingerprint density at radius 3 is 3.11 bits per heavy atom. The third kappa shape index (κ3) is 2.22. The van der Waals surface area contributed by atoms with E-state index in [2.05, 4.69) is 15.3 Å². The summed E-state index contributed by atoms with van der Waals surface area (Å²) >= 11 is 11.1. The normalized spacial score (nSPS) is 13.4. The van der Waals surface area contributed by atoms with Crippen molar-refractivity contribution in [2.45, 2.75) is 6.92 Å². The highest BCUT2D eigenvalue weighted by Crippen LogP contribution is 2.39. The van der Waals surface area contributed by atoms with Crippen LogP contribution in [0.2, 0.25) is 5.02 Å². The molecule has 1 aliphatic rings. The Balaban J connectivity index is 1.96. The summed E-state index contributed by atoms with van der Waals surface area (Å²) in [6, 6.07) is 3.55. The number of nitrogens with zero attached hydrogens (tertiary/aromatic N) is 3. The summed E-state index contributed by atoms with van der Waals surface area (Å²) in [5.41, 5.74) is 0.789. The fraction of sp³-hybridized carbons (Fsp3) is 0.182. The van der Waals surface area contributed by atoms with Gasteiger partial charge in [-0.3, -0.25) is 5.10 Å². The molecular formula is C11H9ClN4O2S. The average Bonchev–Trinajstić information content (AvgIpc) is 2.96. The van der Waals surface area contributed by atoms with Crippen LogP contribution in [0.3, 0.4) is 0 Å². The lowest BCUT2D eigenvalue weighted by Crippen LogP contribution is -1.94. The number of H-pyrrole nitrogens is 1. The molecule has 1 aromatic carbocycles. The minimum Gasteiger partial charge on any atom is -0.454 e. The van der Waals surface area contributed by atoms with Crippen molar-refractivity contribution >= 4 is 30.0 Å². The molecule has 2 aromatic rings. The van der Waals surface area contributed by atoms with Crippen LogP contribution in [-0.2, 0) is 0 Å². The van der Waals surface area contributed by atoms with Crippen LogP contribution >= 0.6 is 23.8 Å². The van der Waals surface area contributed by atoms with Crippen molar-refractivity contribution in [2.75, 3.05) is 6.79 Å². The maximum absolute atomic E-state index is 6.09. The summed E-state index contributed by atoms with van der Waals surface area (Å²) in [6.45, 7) is 1.98. The van der Waals surface area contributed by atoms with Crippen LogP contribution < -0.4 is 9.47 Å². The number of hydrogen-bond donors (Lipinski definition) is 1. The Morgan fingerprint density at radius 1 is 1.53 bits per heavy atom. The minimum atomic E-state index is 0.182. The lowest BCUT2D eigenvalue weighted by atomic mass is 10.2. The maximum atomic E-state index is 6.09. The van der Waals surface area contributed by atoms with E-state index in [0.29, 0.717) is 27.1 Å². The predicted molar refractivity (Wildman–Crippen MR) is 72.7 cm³/mol. The Hall–Kier alpha value is -1.86. The number of halogens is 1. The van der Waals surface area contributed by atoms with Gasteiger partial charge in [-0.05, 0) is 36.8 Å². The van der Waals surface area contributed by atoms with Crippen molar-refractivity contribution in [1.29, 1.82) is 0 Å². The van der Waals surface area contributed by atoms with Gasteiger partial charge in [0.05, 0.1) is 11.2 Å². The smallest absolute Gasteiger partial charge is 0.231 e. The Bertz CT molecular complexity index is 722. The fourth-order valence-corrected chi connectivity index (χ4v) is 2.19. The second-order valence-electron chi connectivity index (χ2n) is 3.87. The predicted octanol–water partition coefficient (Wildman–Crippen LogP) is 2.51. The molecule has 0 bridgehead atoms. The molecule has 98 valence electrons. The zero-order chi connectivity index (χ0) is 13.4. The highest BCUT2D eigenvalue weighted by atomic mass is 35.5. The molecule has 1 N–H and O–H groups in total. The van der Waals surface area contributed by atoms with Gasteiger partial charge in [0.2, 0.25) is 11.6 Å². The van der Waals surface area contributed by atoms with E-state index >= 15 is 0 Å². The molecule has 19 heavy (non-hydrogen) atoms. The largest absolute Gasteiger partial charge is 0.454 e. The first-order chi connectivity index (χ1) is 9.15. The summed E-state index contributed by atoms with van der Waals surface area (Å²) < 4.78 is 12.5. The zero-order valence-corrected chi connectivity index (χ0v) is 11.5. The highest BCUT2D eigenvalue weighted by molar-refractivity contribution is 7.71. The van der Waals surface area contributed by atoms with E-state index in [4.69, 9.17) is 33.3 Å². The average molecular weight is 297 g/mol. The van der Waals surface area contributed by atoms with Crippen LogP contribution in [0.5, 0.6) is 11.5 Å². The molecule has 0 saturated carbocycles. The third-order valence-electron chi connectivity index (χ3n) is 2.58. The molecule has 0 unspecified atom stereocenters. The molecule has 0 aliphatic carbocycles. The molecule has 1 aromatic heterocycles. The van der Waals surface area contributed by atoms with Gasteiger partial charge in [0.15, 0.2) is 11.5 Å². The second-order valence-corrected chi connectivity index (χ2v) is 4.66. The van der Waals surface area contributed by atoms with Crippen LogP contribution in [0.1, 0.15) is 11.4 Å². The van der Waals surface area contributed by atoms with Gasteiger partial charge in [0.25, 0.3) is 0 Å². The lowest BCUT2D eigenvalue weighted by Gasteiger charge is -2.01. The standard InChI is InChI=1S/C11H9ClN4O2S/c1-6-14-15-11(19)16(6)13-4-7-2-8(12)10-9(3-7)17-5-18-10/h2-4H,5H2,1H3,(H,15,19)/b13-4-. The number of hydrogen-bond acceptors (Lipinski definition) is 5. The summed E-state index contributed by atoms with van der Waals surface area (Å²) in [6.07, 6.45) is 1.63. The van der Waals surface area contributed by atoms with E-state index in [9.17, 15) is 0 Å². The molecule has 6 nitrogen and oxygen atoms in total. The van der Waals surface area contributed by atoms with Crippen LogP contribution in [0.25, 0.3) is 0 Å². The molecule has 0 radical (unpaired) electrons. The van der Waals surface area contributed by atoms with Gasteiger partial charge in [-0.25, -0.2) is 0 Å². The third-order valence-corrected chi connectivity index (χ3v) is 3.13. The number of benzene rings is 1. The number of rotatable bonds is 2. The SMILES string of the molecule is Cc1n[nH]c(=S)n1/N=C\c1cc(Cl)c2c(c1)OCO2. The lowest BCUT2D eigenvalue weighted by molar-refractivity contribution is 0.174. The highest BCUT2D eigenvalue weighted by Gasteiger charge is 2.17. The number of ether oxygens (including phenoxy) is 2. The summed E-state index contributed by atoms with van der Waals surface area (Å²) in [7, 11) is 0. The number of fused-ring (bicyclic) bond motifs is 1. The van der Waals surface area contributed by atoms with Crippen molar-refractivity contribution in [1.82, 2.24) is 14.9 Å². The van der Waals surface area contributed by atoms with Crippen molar-refractivity contribution < 1.29 is 9.47 Å². The van der Waals surface area contributed by atoms with E-state index in [1.807, 2.05) is 0 Å². The van der Waals surface area contributed by atoms with Crippen LogP contribution in [0, 0.1) is 11.7 Å². The van der Waals surface area contributed by atoms with E-state index in [-0.39, 0.29) is 6.79 Å². The molecule has 8 heteroatoms. The zero-order valence-electron chi connectivity index (χ0n) is 9.88. The van der Waals surface area contributed by atoms with Crippen molar-refractivity contribution in [2.24, 2.45) is 5.10 Å². The molecule has 1 aliphatic heterocycles. The van der Waals surface area contributed by atoms with Crippen LogP contribution in [0.4, 0.5) is 0 Å². The molecule has 0 saturated heterocycles. The monoisotopic (exact) mass is 296 g/mol. The van der Waals surface area contributed by atoms with E-state index in [1.54, 1.807) is 25.3 Å².